The van der Waals surface area contributed by atoms with Crippen LogP contribution in [0.25, 0.3) is 0 Å². The zero-order valence-corrected chi connectivity index (χ0v) is 13.0. The van der Waals surface area contributed by atoms with Crippen LogP contribution in [0.5, 0.6) is 0 Å². The largest absolute Gasteiger partial charge is 0.310 e. The normalized spacial score (nSPS) is 19.2. The summed E-state index contributed by atoms with van der Waals surface area (Å²) in [6.45, 7) is 1.06. The summed E-state index contributed by atoms with van der Waals surface area (Å²) in [5, 5.41) is 3.31. The Labute approximate surface area is 125 Å². The molecule has 2 aliphatic carbocycles. The summed E-state index contributed by atoms with van der Waals surface area (Å²) in [6, 6.07) is 4.89. The van der Waals surface area contributed by atoms with Crippen LogP contribution in [-0.2, 0) is 16.6 Å². The number of halogens is 1. The fourth-order valence-electron chi connectivity index (χ4n) is 2.34. The minimum Gasteiger partial charge on any atom is -0.310 e. The van der Waals surface area contributed by atoms with Gasteiger partial charge in [-0.15, -0.1) is 0 Å². The Bertz CT molecular complexity index is 625. The quantitative estimate of drug-likeness (QED) is 0.839. The molecule has 1 N–H and O–H groups in total. The lowest BCUT2D eigenvalue weighted by atomic mass is 10.2. The van der Waals surface area contributed by atoms with Gasteiger partial charge in [-0.05, 0) is 49.3 Å². The van der Waals surface area contributed by atoms with E-state index in [0.29, 0.717) is 25.0 Å². The first kappa shape index (κ1) is 14.9. The molecule has 0 heterocycles. The molecule has 0 amide bonds. The highest BCUT2D eigenvalue weighted by Crippen LogP contribution is 2.31. The average Bonchev–Trinajstić information content (AvgIpc) is 3.32. The van der Waals surface area contributed by atoms with E-state index in [0.717, 1.165) is 31.2 Å². The third kappa shape index (κ3) is 3.62. The van der Waals surface area contributed by atoms with Crippen LogP contribution in [0.2, 0.25) is 0 Å². The molecule has 0 saturated heterocycles. The Balaban J connectivity index is 1.78. The van der Waals surface area contributed by atoms with Crippen molar-refractivity contribution in [2.45, 2.75) is 43.2 Å². The molecular formula is C15H21FN2O2S. The maximum absolute atomic E-state index is 14.0. The lowest BCUT2D eigenvalue weighted by Gasteiger charge is -2.18. The fraction of sp³-hybridized carbons (Fsp3) is 0.600. The highest BCUT2D eigenvalue weighted by Gasteiger charge is 2.31. The van der Waals surface area contributed by atoms with Crippen LogP contribution in [0.3, 0.4) is 0 Å². The van der Waals surface area contributed by atoms with Crippen molar-refractivity contribution in [3.8, 4) is 0 Å². The molecule has 2 aliphatic rings. The summed E-state index contributed by atoms with van der Waals surface area (Å²) >= 11 is 0. The van der Waals surface area contributed by atoms with Crippen molar-refractivity contribution in [3.05, 3.63) is 29.6 Å². The third-order valence-corrected chi connectivity index (χ3v) is 5.91. The van der Waals surface area contributed by atoms with E-state index in [1.54, 1.807) is 6.07 Å². The fourth-order valence-corrected chi connectivity index (χ4v) is 3.69. The Morgan fingerprint density at radius 3 is 2.62 bits per heavy atom. The molecule has 0 atom stereocenters. The van der Waals surface area contributed by atoms with E-state index in [9.17, 15) is 12.8 Å². The maximum Gasteiger partial charge on any atom is 0.245 e. The van der Waals surface area contributed by atoms with Crippen molar-refractivity contribution in [1.82, 2.24) is 9.62 Å². The van der Waals surface area contributed by atoms with E-state index >= 15 is 0 Å². The number of hydrogen-bond donors (Lipinski definition) is 1. The van der Waals surface area contributed by atoms with Gasteiger partial charge in [-0.3, -0.25) is 0 Å². The first-order valence-electron chi connectivity index (χ1n) is 7.45. The second-order valence-electron chi connectivity index (χ2n) is 6.15. The molecule has 116 valence electrons. The standard InChI is InChI=1S/C15H21FN2O2S/c1-18(10-11-2-3-11)21(19,20)15-8-12(4-7-14(15)16)9-17-13-5-6-13/h4,7-8,11,13,17H,2-3,5-6,9-10H2,1H3. The van der Waals surface area contributed by atoms with Gasteiger partial charge in [0.2, 0.25) is 10.0 Å². The molecule has 0 radical (unpaired) electrons. The molecule has 0 bridgehead atoms. The molecule has 3 rings (SSSR count). The predicted octanol–water partition coefficient (Wildman–Crippen LogP) is 2.11. The first-order valence-corrected chi connectivity index (χ1v) is 8.89. The lowest BCUT2D eigenvalue weighted by Crippen LogP contribution is -2.29. The SMILES string of the molecule is CN(CC1CC1)S(=O)(=O)c1cc(CNC2CC2)ccc1F. The molecule has 21 heavy (non-hydrogen) atoms. The second kappa shape index (κ2) is 5.66. The molecule has 6 heteroatoms. The number of rotatable bonds is 7. The molecule has 0 unspecified atom stereocenters. The van der Waals surface area contributed by atoms with Crippen molar-refractivity contribution in [2.75, 3.05) is 13.6 Å². The van der Waals surface area contributed by atoms with E-state index in [1.807, 2.05) is 0 Å². The molecule has 1 aromatic rings. The van der Waals surface area contributed by atoms with Crippen molar-refractivity contribution < 1.29 is 12.8 Å². The molecule has 0 aromatic heterocycles. The highest BCUT2D eigenvalue weighted by atomic mass is 32.2. The van der Waals surface area contributed by atoms with E-state index in [-0.39, 0.29) is 4.90 Å². The Morgan fingerprint density at radius 2 is 2.00 bits per heavy atom. The van der Waals surface area contributed by atoms with Crippen LogP contribution in [0.4, 0.5) is 4.39 Å². The zero-order valence-electron chi connectivity index (χ0n) is 12.2. The number of benzene rings is 1. The number of nitrogens with one attached hydrogen (secondary N) is 1. The zero-order chi connectivity index (χ0) is 15.0. The molecule has 2 saturated carbocycles. The topological polar surface area (TPSA) is 49.4 Å². The van der Waals surface area contributed by atoms with Crippen molar-refractivity contribution in [3.63, 3.8) is 0 Å². The monoisotopic (exact) mass is 312 g/mol. The van der Waals surface area contributed by atoms with Gasteiger partial charge in [-0.2, -0.15) is 0 Å². The van der Waals surface area contributed by atoms with Crippen LogP contribution in [0.15, 0.2) is 23.1 Å². The number of hydrogen-bond acceptors (Lipinski definition) is 3. The average molecular weight is 312 g/mol. The smallest absolute Gasteiger partial charge is 0.245 e. The van der Waals surface area contributed by atoms with Gasteiger partial charge in [0.05, 0.1) is 0 Å². The molecule has 0 spiro atoms. The van der Waals surface area contributed by atoms with Crippen LogP contribution in [-0.4, -0.2) is 32.4 Å². The Hall–Kier alpha value is -0.980. The summed E-state index contributed by atoms with van der Waals surface area (Å²) in [4.78, 5) is -0.208. The van der Waals surface area contributed by atoms with E-state index in [4.69, 9.17) is 0 Å². The van der Waals surface area contributed by atoms with E-state index in [2.05, 4.69) is 5.32 Å². The van der Waals surface area contributed by atoms with Crippen LogP contribution in [0, 0.1) is 11.7 Å². The van der Waals surface area contributed by atoms with Gasteiger partial charge in [-0.1, -0.05) is 6.07 Å². The van der Waals surface area contributed by atoms with Crippen molar-refractivity contribution in [1.29, 1.82) is 0 Å². The van der Waals surface area contributed by atoms with E-state index in [1.165, 1.54) is 23.5 Å². The molecule has 1 aromatic carbocycles. The molecule has 2 fully saturated rings. The predicted molar refractivity (Wildman–Crippen MR) is 78.8 cm³/mol. The summed E-state index contributed by atoms with van der Waals surface area (Å²) in [5.41, 5.74) is 0.807. The van der Waals surface area contributed by atoms with Gasteiger partial charge >= 0.3 is 0 Å². The number of sulfonamides is 1. The highest BCUT2D eigenvalue weighted by molar-refractivity contribution is 7.89. The summed E-state index contributed by atoms with van der Waals surface area (Å²) in [5.74, 6) is -0.236. The van der Waals surface area contributed by atoms with Gasteiger partial charge < -0.3 is 5.32 Å². The molecular weight excluding hydrogens is 291 g/mol. The Morgan fingerprint density at radius 1 is 1.29 bits per heavy atom. The second-order valence-corrected chi connectivity index (χ2v) is 8.16. The van der Waals surface area contributed by atoms with E-state index < -0.39 is 15.8 Å². The van der Waals surface area contributed by atoms with Crippen molar-refractivity contribution in [2.24, 2.45) is 5.92 Å². The van der Waals surface area contributed by atoms with Crippen molar-refractivity contribution >= 4 is 10.0 Å². The first-order chi connectivity index (χ1) is 9.96. The van der Waals surface area contributed by atoms with Gasteiger partial charge in [0.25, 0.3) is 0 Å². The van der Waals surface area contributed by atoms with Crippen LogP contribution in [0.1, 0.15) is 31.2 Å². The lowest BCUT2D eigenvalue weighted by molar-refractivity contribution is 0.447. The molecule has 0 aliphatic heterocycles. The van der Waals surface area contributed by atoms with Gasteiger partial charge in [0.15, 0.2) is 0 Å². The van der Waals surface area contributed by atoms with Gasteiger partial charge in [0.1, 0.15) is 10.7 Å². The third-order valence-electron chi connectivity index (χ3n) is 4.07. The van der Waals surface area contributed by atoms with Gasteiger partial charge in [-0.25, -0.2) is 17.1 Å². The molecule has 4 nitrogen and oxygen atoms in total. The number of nitrogens with zero attached hydrogens (tertiary/aromatic N) is 1. The minimum absolute atomic E-state index is 0.208. The van der Waals surface area contributed by atoms with Crippen LogP contribution < -0.4 is 5.32 Å². The van der Waals surface area contributed by atoms with Gasteiger partial charge in [0, 0.05) is 26.2 Å². The summed E-state index contributed by atoms with van der Waals surface area (Å²) < 4.78 is 40.2. The maximum atomic E-state index is 14.0. The summed E-state index contributed by atoms with van der Waals surface area (Å²) in [7, 11) is -2.21. The van der Waals surface area contributed by atoms with Crippen LogP contribution >= 0.6 is 0 Å². The summed E-state index contributed by atoms with van der Waals surface area (Å²) in [6.07, 6.45) is 4.45. The minimum atomic E-state index is -3.74. The Kier molecular flexibility index (Phi) is 4.03.